The predicted molar refractivity (Wildman–Crippen MR) is 117 cm³/mol. The maximum atomic E-state index is 5.44. The minimum atomic E-state index is 0.934. The van der Waals surface area contributed by atoms with E-state index in [0.29, 0.717) is 0 Å². The minimum absolute atomic E-state index is 0.934. The first-order valence-electron chi connectivity index (χ1n) is 9.75. The highest BCUT2D eigenvalue weighted by Gasteiger charge is 2.08. The van der Waals surface area contributed by atoms with E-state index in [9.17, 15) is 0 Å². The molecule has 0 atom stereocenters. The van der Waals surface area contributed by atoms with Crippen molar-refractivity contribution in [3.63, 3.8) is 0 Å². The van der Waals surface area contributed by atoms with E-state index < -0.39 is 0 Å². The third kappa shape index (κ3) is 4.68. The first kappa shape index (κ1) is 19.0. The van der Waals surface area contributed by atoms with Crippen LogP contribution in [0.3, 0.4) is 0 Å². The topological polar surface area (TPSA) is 9.23 Å². The molecule has 27 heavy (non-hydrogen) atoms. The lowest BCUT2D eigenvalue weighted by Gasteiger charge is -2.13. The van der Waals surface area contributed by atoms with Gasteiger partial charge in [0.1, 0.15) is 5.75 Å². The molecule has 0 fully saturated rings. The first-order valence-corrected chi connectivity index (χ1v) is 9.75. The largest absolute Gasteiger partial charge is 0.497 e. The maximum absolute atomic E-state index is 5.44. The van der Waals surface area contributed by atoms with Crippen LogP contribution in [0.5, 0.6) is 5.75 Å². The molecule has 0 bridgehead atoms. The van der Waals surface area contributed by atoms with E-state index in [1.165, 1.54) is 47.1 Å². The third-order valence-corrected chi connectivity index (χ3v) is 5.04. The molecule has 0 heterocycles. The van der Waals surface area contributed by atoms with Gasteiger partial charge < -0.3 is 4.74 Å². The first-order chi connectivity index (χ1) is 13.2. The predicted octanol–water partition coefficient (Wildman–Crippen LogP) is 7.40. The van der Waals surface area contributed by atoms with E-state index in [4.69, 9.17) is 4.74 Å². The molecule has 1 nitrogen and oxygen atoms in total. The van der Waals surface area contributed by atoms with Crippen molar-refractivity contribution in [2.75, 3.05) is 7.11 Å². The van der Waals surface area contributed by atoms with Crippen LogP contribution in [0, 0.1) is 0 Å². The van der Waals surface area contributed by atoms with Gasteiger partial charge in [-0.3, -0.25) is 0 Å². The molecule has 3 aromatic rings. The fourth-order valence-electron chi connectivity index (χ4n) is 3.40. The van der Waals surface area contributed by atoms with Gasteiger partial charge in [0.2, 0.25) is 0 Å². The SMILES string of the molecule is C=Cc1ccc(-c2ccc(-c3ccc(OC)cc3CCCCC)cc2)cc1. The van der Waals surface area contributed by atoms with Crippen LogP contribution in [0.4, 0.5) is 0 Å². The van der Waals surface area contributed by atoms with Crippen LogP contribution in [-0.4, -0.2) is 7.11 Å². The second-order valence-corrected chi connectivity index (χ2v) is 6.88. The van der Waals surface area contributed by atoms with Crippen molar-refractivity contribution in [2.45, 2.75) is 32.6 Å². The smallest absolute Gasteiger partial charge is 0.119 e. The molecule has 0 aromatic heterocycles. The van der Waals surface area contributed by atoms with E-state index in [0.717, 1.165) is 17.7 Å². The molecule has 0 radical (unpaired) electrons. The second-order valence-electron chi connectivity index (χ2n) is 6.88. The average Bonchev–Trinajstić information content (AvgIpc) is 2.74. The van der Waals surface area contributed by atoms with Crippen molar-refractivity contribution in [2.24, 2.45) is 0 Å². The van der Waals surface area contributed by atoms with Crippen LogP contribution < -0.4 is 4.74 Å². The molecule has 0 aliphatic carbocycles. The van der Waals surface area contributed by atoms with E-state index in [1.54, 1.807) is 7.11 Å². The number of rotatable bonds is 8. The minimum Gasteiger partial charge on any atom is -0.497 e. The summed E-state index contributed by atoms with van der Waals surface area (Å²) >= 11 is 0. The summed E-state index contributed by atoms with van der Waals surface area (Å²) in [6.45, 7) is 6.06. The Labute approximate surface area is 163 Å². The highest BCUT2D eigenvalue weighted by Crippen LogP contribution is 2.31. The van der Waals surface area contributed by atoms with Crippen molar-refractivity contribution in [3.05, 3.63) is 84.4 Å². The fourth-order valence-corrected chi connectivity index (χ4v) is 3.40. The molecule has 138 valence electrons. The second kappa shape index (κ2) is 9.23. The van der Waals surface area contributed by atoms with Crippen LogP contribution >= 0.6 is 0 Å². The zero-order chi connectivity index (χ0) is 19.1. The van der Waals surface area contributed by atoms with Crippen LogP contribution in [0.15, 0.2) is 73.3 Å². The molecule has 0 amide bonds. The number of unbranched alkanes of at least 4 members (excludes halogenated alkanes) is 2. The molecule has 0 N–H and O–H groups in total. The average molecular weight is 357 g/mol. The summed E-state index contributed by atoms with van der Waals surface area (Å²) in [6.07, 6.45) is 6.67. The zero-order valence-electron chi connectivity index (χ0n) is 16.4. The van der Waals surface area contributed by atoms with E-state index in [1.807, 2.05) is 6.08 Å². The summed E-state index contributed by atoms with van der Waals surface area (Å²) < 4.78 is 5.44. The molecular weight excluding hydrogens is 328 g/mol. The van der Waals surface area contributed by atoms with Gasteiger partial charge in [-0.25, -0.2) is 0 Å². The quantitative estimate of drug-likeness (QED) is 0.382. The standard InChI is InChI=1S/C26H28O/c1-4-6-7-8-24-19-25(27-3)17-18-26(24)23-15-13-22(14-16-23)21-11-9-20(5-2)10-12-21/h5,9-19H,2,4,6-8H2,1,3H3. The van der Waals surface area contributed by atoms with Gasteiger partial charge in [0, 0.05) is 0 Å². The summed E-state index contributed by atoms with van der Waals surface area (Å²) in [5.41, 5.74) is 7.53. The van der Waals surface area contributed by atoms with Gasteiger partial charge in [0.15, 0.2) is 0 Å². The summed E-state index contributed by atoms with van der Waals surface area (Å²) in [5, 5.41) is 0. The van der Waals surface area contributed by atoms with Crippen molar-refractivity contribution in [1.82, 2.24) is 0 Å². The Balaban J connectivity index is 1.88. The van der Waals surface area contributed by atoms with Crippen molar-refractivity contribution in [1.29, 1.82) is 0 Å². The third-order valence-electron chi connectivity index (χ3n) is 5.04. The molecule has 0 saturated heterocycles. The van der Waals surface area contributed by atoms with Crippen LogP contribution in [0.1, 0.15) is 37.3 Å². The van der Waals surface area contributed by atoms with Crippen molar-refractivity contribution in [3.8, 4) is 28.0 Å². The Bertz CT molecular complexity index is 873. The fraction of sp³-hybridized carbons (Fsp3) is 0.231. The monoisotopic (exact) mass is 356 g/mol. The molecule has 0 saturated carbocycles. The molecule has 0 unspecified atom stereocenters. The highest BCUT2D eigenvalue weighted by atomic mass is 16.5. The molecule has 0 aliphatic rings. The number of hydrogen-bond donors (Lipinski definition) is 0. The number of ether oxygens (including phenoxy) is 1. The van der Waals surface area contributed by atoms with Gasteiger partial charge >= 0.3 is 0 Å². The van der Waals surface area contributed by atoms with Crippen molar-refractivity contribution < 1.29 is 4.74 Å². The van der Waals surface area contributed by atoms with Gasteiger partial charge in [0.05, 0.1) is 7.11 Å². The molecule has 0 spiro atoms. The van der Waals surface area contributed by atoms with Gasteiger partial charge in [-0.15, -0.1) is 0 Å². The van der Waals surface area contributed by atoms with Crippen LogP contribution in [0.2, 0.25) is 0 Å². The number of hydrogen-bond acceptors (Lipinski definition) is 1. The van der Waals surface area contributed by atoms with E-state index >= 15 is 0 Å². The lowest BCUT2D eigenvalue weighted by atomic mass is 9.94. The van der Waals surface area contributed by atoms with Gasteiger partial charge in [-0.2, -0.15) is 0 Å². The van der Waals surface area contributed by atoms with Crippen molar-refractivity contribution >= 4 is 6.08 Å². The Morgan fingerprint density at radius 2 is 1.44 bits per heavy atom. The number of benzene rings is 3. The Kier molecular flexibility index (Phi) is 6.49. The van der Waals surface area contributed by atoms with Gasteiger partial charge in [-0.05, 0) is 58.4 Å². The molecule has 1 heteroatoms. The zero-order valence-corrected chi connectivity index (χ0v) is 16.4. The normalized spacial score (nSPS) is 10.6. The Morgan fingerprint density at radius 3 is 2.04 bits per heavy atom. The van der Waals surface area contributed by atoms with E-state index in [-0.39, 0.29) is 0 Å². The molecular formula is C26H28O. The summed E-state index contributed by atoms with van der Waals surface area (Å²) in [6, 6.07) is 23.8. The van der Waals surface area contributed by atoms with Gasteiger partial charge in [-0.1, -0.05) is 87.0 Å². The number of aryl methyl sites for hydroxylation is 1. The van der Waals surface area contributed by atoms with Crippen LogP contribution in [0.25, 0.3) is 28.3 Å². The highest BCUT2D eigenvalue weighted by molar-refractivity contribution is 5.73. The summed E-state index contributed by atoms with van der Waals surface area (Å²) in [7, 11) is 1.73. The summed E-state index contributed by atoms with van der Waals surface area (Å²) in [4.78, 5) is 0. The maximum Gasteiger partial charge on any atom is 0.119 e. The summed E-state index contributed by atoms with van der Waals surface area (Å²) in [5.74, 6) is 0.934. The molecule has 3 aromatic carbocycles. The lowest BCUT2D eigenvalue weighted by molar-refractivity contribution is 0.414. The molecule has 3 rings (SSSR count). The lowest BCUT2D eigenvalue weighted by Crippen LogP contribution is -1.93. The Hall–Kier alpha value is -2.80. The molecule has 0 aliphatic heterocycles. The van der Waals surface area contributed by atoms with Crippen LogP contribution in [-0.2, 0) is 6.42 Å². The Morgan fingerprint density at radius 1 is 0.815 bits per heavy atom. The number of methoxy groups -OCH3 is 1. The van der Waals surface area contributed by atoms with E-state index in [2.05, 4.69) is 80.2 Å². The van der Waals surface area contributed by atoms with Gasteiger partial charge in [0.25, 0.3) is 0 Å².